The second-order valence-corrected chi connectivity index (χ2v) is 5.42. The summed E-state index contributed by atoms with van der Waals surface area (Å²) >= 11 is 11.9. The molecule has 3 nitrogen and oxygen atoms in total. The van der Waals surface area contributed by atoms with Crippen LogP contribution in [0.1, 0.15) is 10.4 Å². The number of aromatic nitrogens is 2. The van der Waals surface area contributed by atoms with E-state index >= 15 is 0 Å². The fourth-order valence-corrected chi connectivity index (χ4v) is 2.36. The van der Waals surface area contributed by atoms with Gasteiger partial charge in [0, 0.05) is 11.8 Å². The van der Waals surface area contributed by atoms with E-state index in [2.05, 4.69) is 5.10 Å². The van der Waals surface area contributed by atoms with Gasteiger partial charge in [-0.05, 0) is 42.5 Å². The van der Waals surface area contributed by atoms with E-state index in [-0.39, 0.29) is 5.82 Å². The van der Waals surface area contributed by atoms with Crippen LogP contribution < -0.4 is 0 Å². The average molecular weight is 335 g/mol. The fraction of sp³-hybridized carbons (Fsp3) is 0. The number of carbonyl (C=O) groups excluding carboxylic acids is 1. The zero-order chi connectivity index (χ0) is 15.7. The monoisotopic (exact) mass is 334 g/mol. The molecule has 2 aromatic carbocycles. The van der Waals surface area contributed by atoms with Crippen molar-refractivity contribution in [3.8, 4) is 16.9 Å². The number of benzene rings is 2. The maximum Gasteiger partial charge on any atom is 0.153 e. The molecule has 0 aliphatic rings. The molecule has 0 aliphatic heterocycles. The van der Waals surface area contributed by atoms with E-state index in [1.54, 1.807) is 36.5 Å². The lowest BCUT2D eigenvalue weighted by Crippen LogP contribution is -1.94. The first-order valence-corrected chi connectivity index (χ1v) is 7.10. The van der Waals surface area contributed by atoms with Crippen molar-refractivity contribution in [2.45, 2.75) is 0 Å². The minimum Gasteiger partial charge on any atom is -0.298 e. The van der Waals surface area contributed by atoms with Gasteiger partial charge in [0.05, 0.1) is 21.3 Å². The van der Waals surface area contributed by atoms with Gasteiger partial charge in [-0.1, -0.05) is 23.2 Å². The molecule has 0 fully saturated rings. The summed E-state index contributed by atoms with van der Waals surface area (Å²) in [4.78, 5) is 11.3. The zero-order valence-corrected chi connectivity index (χ0v) is 12.6. The standard InChI is InChI=1S/C16H9Cl2FN2O/c17-14-6-5-13(7-15(14)18)21-8-11(9-22)16(20-21)10-1-3-12(19)4-2-10/h1-9H. The van der Waals surface area contributed by atoms with Gasteiger partial charge in [0.2, 0.25) is 0 Å². The third kappa shape index (κ3) is 2.75. The lowest BCUT2D eigenvalue weighted by Gasteiger charge is -2.03. The summed E-state index contributed by atoms with van der Waals surface area (Å²) in [6, 6.07) is 10.8. The van der Waals surface area contributed by atoms with Crippen LogP contribution in [0.2, 0.25) is 10.0 Å². The molecule has 0 amide bonds. The van der Waals surface area contributed by atoms with Crippen molar-refractivity contribution in [1.82, 2.24) is 9.78 Å². The molecule has 0 saturated carbocycles. The number of hydrogen-bond acceptors (Lipinski definition) is 2. The molecule has 0 bridgehead atoms. The Morgan fingerprint density at radius 2 is 1.77 bits per heavy atom. The summed E-state index contributed by atoms with van der Waals surface area (Å²) in [5.41, 5.74) is 2.20. The van der Waals surface area contributed by atoms with Crippen molar-refractivity contribution < 1.29 is 9.18 Å². The van der Waals surface area contributed by atoms with Gasteiger partial charge in [0.25, 0.3) is 0 Å². The van der Waals surface area contributed by atoms with Crippen LogP contribution in [-0.4, -0.2) is 16.1 Å². The van der Waals surface area contributed by atoms with E-state index < -0.39 is 0 Å². The second kappa shape index (κ2) is 5.91. The van der Waals surface area contributed by atoms with Gasteiger partial charge < -0.3 is 0 Å². The Morgan fingerprint density at radius 1 is 1.05 bits per heavy atom. The highest BCUT2D eigenvalue weighted by atomic mass is 35.5. The lowest BCUT2D eigenvalue weighted by molar-refractivity contribution is 0.112. The van der Waals surface area contributed by atoms with Gasteiger partial charge in [0.15, 0.2) is 6.29 Å². The van der Waals surface area contributed by atoms with E-state index in [9.17, 15) is 9.18 Å². The number of aldehydes is 1. The first-order chi connectivity index (χ1) is 10.6. The Labute approximate surface area is 135 Å². The molecule has 0 saturated heterocycles. The first-order valence-electron chi connectivity index (χ1n) is 6.34. The van der Waals surface area contributed by atoms with Crippen molar-refractivity contribution in [3.63, 3.8) is 0 Å². The van der Waals surface area contributed by atoms with Crippen LogP contribution in [0, 0.1) is 5.82 Å². The summed E-state index contributed by atoms with van der Waals surface area (Å²) in [6.07, 6.45) is 2.30. The minimum atomic E-state index is -0.347. The SMILES string of the molecule is O=Cc1cn(-c2ccc(Cl)c(Cl)c2)nc1-c1ccc(F)cc1. The van der Waals surface area contributed by atoms with Crippen molar-refractivity contribution >= 4 is 29.5 Å². The minimum absolute atomic E-state index is 0.347. The number of halogens is 3. The Balaban J connectivity index is 2.09. The van der Waals surface area contributed by atoms with Crippen molar-refractivity contribution in [1.29, 1.82) is 0 Å². The van der Waals surface area contributed by atoms with E-state index in [1.807, 2.05) is 0 Å². The maximum atomic E-state index is 13.0. The summed E-state index contributed by atoms with van der Waals surface area (Å²) in [6.45, 7) is 0. The quantitative estimate of drug-likeness (QED) is 0.645. The highest BCUT2D eigenvalue weighted by Crippen LogP contribution is 2.27. The van der Waals surface area contributed by atoms with Crippen LogP contribution >= 0.6 is 23.2 Å². The molecule has 3 aromatic rings. The predicted molar refractivity (Wildman–Crippen MR) is 84.4 cm³/mol. The fourth-order valence-electron chi connectivity index (χ4n) is 2.07. The molecule has 0 atom stereocenters. The highest BCUT2D eigenvalue weighted by molar-refractivity contribution is 6.42. The van der Waals surface area contributed by atoms with Gasteiger partial charge in [0.1, 0.15) is 11.5 Å². The van der Waals surface area contributed by atoms with Crippen LogP contribution in [0.15, 0.2) is 48.7 Å². The van der Waals surface area contributed by atoms with Gasteiger partial charge >= 0.3 is 0 Å². The molecule has 0 N–H and O–H groups in total. The van der Waals surface area contributed by atoms with Gasteiger partial charge in [-0.25, -0.2) is 9.07 Å². The van der Waals surface area contributed by atoms with E-state index in [4.69, 9.17) is 23.2 Å². The summed E-state index contributed by atoms with van der Waals surface area (Å²) in [5, 5.41) is 5.21. The molecule has 3 rings (SSSR count). The number of carbonyl (C=O) groups is 1. The Kier molecular flexibility index (Phi) is 3.96. The van der Waals surface area contributed by atoms with Crippen LogP contribution in [0.3, 0.4) is 0 Å². The first kappa shape index (κ1) is 14.8. The number of nitrogens with zero attached hydrogens (tertiary/aromatic N) is 2. The zero-order valence-electron chi connectivity index (χ0n) is 11.1. The molecule has 1 heterocycles. The number of rotatable bonds is 3. The molecule has 0 spiro atoms. The third-order valence-electron chi connectivity index (χ3n) is 3.15. The van der Waals surface area contributed by atoms with Gasteiger partial charge in [-0.15, -0.1) is 0 Å². The Morgan fingerprint density at radius 3 is 2.41 bits per heavy atom. The van der Waals surface area contributed by atoms with Crippen LogP contribution in [0.4, 0.5) is 4.39 Å². The molecule has 1 aromatic heterocycles. The molecular weight excluding hydrogens is 326 g/mol. The summed E-state index contributed by atoms with van der Waals surface area (Å²) < 4.78 is 14.5. The second-order valence-electron chi connectivity index (χ2n) is 4.60. The molecule has 22 heavy (non-hydrogen) atoms. The summed E-state index contributed by atoms with van der Waals surface area (Å²) in [7, 11) is 0. The van der Waals surface area contributed by atoms with Crippen molar-refractivity contribution in [3.05, 3.63) is 70.1 Å². The lowest BCUT2D eigenvalue weighted by atomic mass is 10.1. The van der Waals surface area contributed by atoms with Gasteiger partial charge in [-0.2, -0.15) is 5.10 Å². The normalized spacial score (nSPS) is 10.7. The molecule has 0 unspecified atom stereocenters. The Bertz CT molecular complexity index is 844. The largest absolute Gasteiger partial charge is 0.298 e. The smallest absolute Gasteiger partial charge is 0.153 e. The van der Waals surface area contributed by atoms with E-state index in [1.165, 1.54) is 16.8 Å². The van der Waals surface area contributed by atoms with E-state index in [0.29, 0.717) is 38.8 Å². The summed E-state index contributed by atoms with van der Waals surface area (Å²) in [5.74, 6) is -0.347. The van der Waals surface area contributed by atoms with Crippen LogP contribution in [0.5, 0.6) is 0 Å². The van der Waals surface area contributed by atoms with Crippen molar-refractivity contribution in [2.75, 3.05) is 0 Å². The number of hydrogen-bond donors (Lipinski definition) is 0. The van der Waals surface area contributed by atoms with Gasteiger partial charge in [-0.3, -0.25) is 4.79 Å². The molecule has 6 heteroatoms. The Hall–Kier alpha value is -2.17. The van der Waals surface area contributed by atoms with E-state index in [0.717, 1.165) is 0 Å². The average Bonchev–Trinajstić information content (AvgIpc) is 2.95. The maximum absolute atomic E-state index is 13.0. The topological polar surface area (TPSA) is 34.9 Å². The highest BCUT2D eigenvalue weighted by Gasteiger charge is 2.12. The van der Waals surface area contributed by atoms with Crippen LogP contribution in [-0.2, 0) is 0 Å². The molecule has 0 aliphatic carbocycles. The molecule has 110 valence electrons. The van der Waals surface area contributed by atoms with Crippen molar-refractivity contribution in [2.24, 2.45) is 0 Å². The third-order valence-corrected chi connectivity index (χ3v) is 3.89. The molecule has 0 radical (unpaired) electrons. The molecular formula is C16H9Cl2FN2O. The predicted octanol–water partition coefficient (Wildman–Crippen LogP) is 4.80. The van der Waals surface area contributed by atoms with Crippen LogP contribution in [0.25, 0.3) is 16.9 Å².